The summed E-state index contributed by atoms with van der Waals surface area (Å²) in [5, 5.41) is 3.26. The second kappa shape index (κ2) is 2.42. The van der Waals surface area contributed by atoms with E-state index in [2.05, 4.69) is 10.3 Å². The lowest BCUT2D eigenvalue weighted by atomic mass is 10.2. The van der Waals surface area contributed by atoms with E-state index in [-0.39, 0.29) is 16.4 Å². The molecule has 0 amide bonds. The molecule has 2 rings (SSSR count). The first-order valence-electron chi connectivity index (χ1n) is 3.11. The number of nitrogens with zero attached hydrogens (tertiary/aromatic N) is 2. The first kappa shape index (κ1) is 7.49. The summed E-state index contributed by atoms with van der Waals surface area (Å²) in [5.41, 5.74) is 0.177. The van der Waals surface area contributed by atoms with Crippen LogP contribution in [0.25, 0.3) is 0 Å². The average Bonchev–Trinajstić information content (AvgIpc) is 2.48. The van der Waals surface area contributed by atoms with E-state index in [9.17, 15) is 8.78 Å². The van der Waals surface area contributed by atoms with E-state index in [1.807, 2.05) is 0 Å². The van der Waals surface area contributed by atoms with E-state index in [1.54, 1.807) is 0 Å². The maximum Gasteiger partial charge on any atom is 0.188 e. The van der Waals surface area contributed by atoms with Crippen LogP contribution in [0.15, 0.2) is 11.1 Å². The average molecular weight is 188 g/mol. The minimum Gasteiger partial charge on any atom is -0.235 e. The van der Waals surface area contributed by atoms with Crippen molar-refractivity contribution in [3.05, 3.63) is 22.7 Å². The minimum atomic E-state index is -1.08. The summed E-state index contributed by atoms with van der Waals surface area (Å²) in [6.07, 6.45) is 1.16. The Balaban J connectivity index is 2.72. The van der Waals surface area contributed by atoms with Crippen LogP contribution in [0, 0.1) is 11.6 Å². The van der Waals surface area contributed by atoms with E-state index in [4.69, 9.17) is 11.6 Å². The molecule has 0 N–H and O–H groups in total. The van der Waals surface area contributed by atoms with Gasteiger partial charge in [0.1, 0.15) is 12.0 Å². The summed E-state index contributed by atoms with van der Waals surface area (Å²) in [6, 6.07) is 1.24. The zero-order valence-electron chi connectivity index (χ0n) is 5.68. The van der Waals surface area contributed by atoms with Gasteiger partial charge in [0.2, 0.25) is 0 Å². The van der Waals surface area contributed by atoms with Gasteiger partial charge in [-0.2, -0.15) is 0 Å². The molecule has 0 atom stereocenters. The standard InChI is InChI=1S/C7H2ClF2N2/c8-3-1-4-7(12-2-11-4)6(10)5(3)9/h1-2H. The number of hydrogen-bond acceptors (Lipinski definition) is 1. The molecular weight excluding hydrogens is 186 g/mol. The molecule has 12 heavy (non-hydrogen) atoms. The van der Waals surface area contributed by atoms with E-state index < -0.39 is 11.6 Å². The number of rotatable bonds is 0. The van der Waals surface area contributed by atoms with Crippen molar-refractivity contribution >= 4 is 29.3 Å². The van der Waals surface area contributed by atoms with Gasteiger partial charge in [-0.1, -0.05) is 11.6 Å². The molecule has 1 aliphatic heterocycles. The van der Waals surface area contributed by atoms with Gasteiger partial charge in [-0.05, 0) is 6.07 Å². The first-order chi connectivity index (χ1) is 5.70. The Bertz CT molecular complexity index is 376. The number of aliphatic imine (C=N–C) groups is 1. The second-order valence-electron chi connectivity index (χ2n) is 2.23. The SMILES string of the molecule is Fc1c(Cl)cc2c(c1F)[N]C=N2. The van der Waals surface area contributed by atoms with Gasteiger partial charge < -0.3 is 0 Å². The molecule has 0 bridgehead atoms. The molecule has 0 unspecified atom stereocenters. The van der Waals surface area contributed by atoms with E-state index in [0.717, 1.165) is 6.34 Å². The fourth-order valence-corrected chi connectivity index (χ4v) is 1.13. The summed E-state index contributed by atoms with van der Waals surface area (Å²) in [6.45, 7) is 0. The Morgan fingerprint density at radius 3 is 2.75 bits per heavy atom. The minimum absolute atomic E-state index is 0.0862. The first-order valence-corrected chi connectivity index (χ1v) is 3.49. The normalized spacial score (nSPS) is 12.9. The monoisotopic (exact) mass is 187 g/mol. The van der Waals surface area contributed by atoms with Crippen molar-refractivity contribution in [1.82, 2.24) is 5.32 Å². The van der Waals surface area contributed by atoms with Gasteiger partial charge in [0, 0.05) is 0 Å². The van der Waals surface area contributed by atoms with Gasteiger partial charge in [0.05, 0.1) is 10.7 Å². The molecule has 1 heterocycles. The molecule has 0 aromatic heterocycles. The van der Waals surface area contributed by atoms with Gasteiger partial charge in [-0.3, -0.25) is 0 Å². The van der Waals surface area contributed by atoms with Crippen LogP contribution < -0.4 is 5.32 Å². The molecule has 1 aliphatic rings. The van der Waals surface area contributed by atoms with Gasteiger partial charge in [-0.15, -0.1) is 0 Å². The molecule has 1 aromatic rings. The van der Waals surface area contributed by atoms with Crippen LogP contribution in [-0.4, -0.2) is 6.34 Å². The summed E-state index contributed by atoms with van der Waals surface area (Å²) >= 11 is 5.37. The Labute approximate surface area is 71.9 Å². The predicted octanol–water partition coefficient (Wildman–Crippen LogP) is 2.53. The second-order valence-corrected chi connectivity index (χ2v) is 2.63. The van der Waals surface area contributed by atoms with Gasteiger partial charge >= 0.3 is 0 Å². The Morgan fingerprint density at radius 1 is 1.25 bits per heavy atom. The lowest BCUT2D eigenvalue weighted by Gasteiger charge is -2.00. The third kappa shape index (κ3) is 0.881. The number of benzene rings is 1. The number of halogens is 3. The highest BCUT2D eigenvalue weighted by Crippen LogP contribution is 2.36. The molecule has 1 radical (unpaired) electrons. The molecule has 61 valence electrons. The van der Waals surface area contributed by atoms with Gasteiger partial charge in [-0.25, -0.2) is 19.1 Å². The molecule has 0 saturated heterocycles. The van der Waals surface area contributed by atoms with Crippen LogP contribution >= 0.6 is 11.6 Å². The topological polar surface area (TPSA) is 26.5 Å². The lowest BCUT2D eigenvalue weighted by molar-refractivity contribution is 0.510. The van der Waals surface area contributed by atoms with Crippen LogP contribution in [0.2, 0.25) is 5.02 Å². The lowest BCUT2D eigenvalue weighted by Crippen LogP contribution is -1.93. The Morgan fingerprint density at radius 2 is 2.00 bits per heavy atom. The number of fused-ring (bicyclic) bond motifs is 1. The maximum absolute atomic E-state index is 12.9. The van der Waals surface area contributed by atoms with Crippen molar-refractivity contribution in [2.45, 2.75) is 0 Å². The van der Waals surface area contributed by atoms with Crippen LogP contribution in [-0.2, 0) is 0 Å². The molecule has 0 aliphatic carbocycles. The van der Waals surface area contributed by atoms with Crippen molar-refractivity contribution < 1.29 is 8.78 Å². The van der Waals surface area contributed by atoms with Crippen molar-refractivity contribution in [2.75, 3.05) is 0 Å². The fraction of sp³-hybridized carbons (Fsp3) is 0. The molecule has 1 aromatic carbocycles. The Hall–Kier alpha value is -1.16. The zero-order chi connectivity index (χ0) is 8.72. The molecule has 2 nitrogen and oxygen atoms in total. The van der Waals surface area contributed by atoms with Crippen LogP contribution in [0.3, 0.4) is 0 Å². The summed E-state index contributed by atoms with van der Waals surface area (Å²) < 4.78 is 25.7. The largest absolute Gasteiger partial charge is 0.235 e. The molecule has 0 fully saturated rings. The predicted molar refractivity (Wildman–Crippen MR) is 41.3 cm³/mol. The van der Waals surface area contributed by atoms with Crippen LogP contribution in [0.4, 0.5) is 20.2 Å². The van der Waals surface area contributed by atoms with Crippen LogP contribution in [0.5, 0.6) is 0 Å². The maximum atomic E-state index is 12.9. The quantitative estimate of drug-likeness (QED) is 0.558. The van der Waals surface area contributed by atoms with Crippen molar-refractivity contribution in [2.24, 2.45) is 4.99 Å². The summed E-state index contributed by atoms with van der Waals surface area (Å²) in [7, 11) is 0. The smallest absolute Gasteiger partial charge is 0.188 e. The number of hydrogen-bond donors (Lipinski definition) is 0. The van der Waals surface area contributed by atoms with E-state index in [0.29, 0.717) is 0 Å². The van der Waals surface area contributed by atoms with Crippen molar-refractivity contribution in [3.8, 4) is 0 Å². The van der Waals surface area contributed by atoms with E-state index in [1.165, 1.54) is 6.07 Å². The highest BCUT2D eigenvalue weighted by Gasteiger charge is 2.20. The zero-order valence-corrected chi connectivity index (χ0v) is 6.44. The van der Waals surface area contributed by atoms with E-state index >= 15 is 0 Å². The highest BCUT2D eigenvalue weighted by atomic mass is 35.5. The third-order valence-electron chi connectivity index (χ3n) is 1.50. The summed E-state index contributed by atoms with van der Waals surface area (Å²) in [5.74, 6) is -2.13. The molecule has 0 spiro atoms. The van der Waals surface area contributed by atoms with Crippen molar-refractivity contribution in [1.29, 1.82) is 0 Å². The third-order valence-corrected chi connectivity index (χ3v) is 1.78. The van der Waals surface area contributed by atoms with Crippen molar-refractivity contribution in [3.63, 3.8) is 0 Å². The molecular formula is C7H2ClF2N2. The molecule has 0 saturated carbocycles. The van der Waals surface area contributed by atoms with Crippen LogP contribution in [0.1, 0.15) is 0 Å². The van der Waals surface area contributed by atoms with Gasteiger partial charge in [0.25, 0.3) is 0 Å². The highest BCUT2D eigenvalue weighted by molar-refractivity contribution is 6.31. The Kier molecular flexibility index (Phi) is 1.51. The fourth-order valence-electron chi connectivity index (χ4n) is 0.943. The molecule has 5 heteroatoms. The summed E-state index contributed by atoms with van der Waals surface area (Å²) in [4.78, 5) is 3.68. The van der Waals surface area contributed by atoms with Gasteiger partial charge in [0.15, 0.2) is 11.6 Å².